The van der Waals surface area contributed by atoms with Crippen molar-refractivity contribution in [1.82, 2.24) is 0 Å². The van der Waals surface area contributed by atoms with E-state index in [1.54, 1.807) is 19.2 Å². The van der Waals surface area contributed by atoms with Crippen LogP contribution < -0.4 is 10.6 Å². The number of halogens is 2. The van der Waals surface area contributed by atoms with Gasteiger partial charge in [0, 0.05) is 24.4 Å². The van der Waals surface area contributed by atoms with Gasteiger partial charge in [0.05, 0.1) is 15.7 Å². The fourth-order valence-corrected chi connectivity index (χ4v) is 2.21. The number of nitrogens with zero attached hydrogens (tertiary/aromatic N) is 1. The Morgan fingerprint density at radius 3 is 2.35 bits per heavy atom. The molecular weight excluding hydrogens is 299 g/mol. The van der Waals surface area contributed by atoms with E-state index in [-0.39, 0.29) is 27.4 Å². The number of phenols is 1. The van der Waals surface area contributed by atoms with Gasteiger partial charge in [0.15, 0.2) is 0 Å². The first-order chi connectivity index (χ1) is 9.40. The Labute approximate surface area is 126 Å². The van der Waals surface area contributed by atoms with E-state index in [4.69, 9.17) is 28.9 Å². The molecule has 0 atom stereocenters. The number of rotatable bonds is 2. The molecule has 104 valence electrons. The van der Waals surface area contributed by atoms with Crippen molar-refractivity contribution in [3.8, 4) is 5.75 Å². The maximum absolute atomic E-state index is 12.4. The molecule has 0 fully saturated rings. The molecule has 1 amide bonds. The molecule has 0 unspecified atom stereocenters. The zero-order valence-electron chi connectivity index (χ0n) is 10.6. The lowest BCUT2D eigenvalue weighted by Crippen LogP contribution is -2.26. The summed E-state index contributed by atoms with van der Waals surface area (Å²) in [6.07, 6.45) is 0. The third-order valence-corrected chi connectivity index (χ3v) is 3.47. The number of hydrogen-bond acceptors (Lipinski definition) is 3. The molecule has 4 nitrogen and oxygen atoms in total. The van der Waals surface area contributed by atoms with Crippen LogP contribution in [0.2, 0.25) is 10.0 Å². The van der Waals surface area contributed by atoms with E-state index in [1.807, 2.05) is 0 Å². The minimum atomic E-state index is -0.306. The molecule has 0 aliphatic heterocycles. The summed E-state index contributed by atoms with van der Waals surface area (Å²) in [4.78, 5) is 13.7. The van der Waals surface area contributed by atoms with Crippen molar-refractivity contribution in [2.45, 2.75) is 0 Å². The predicted molar refractivity (Wildman–Crippen MR) is 81.7 cm³/mol. The van der Waals surface area contributed by atoms with Crippen molar-refractivity contribution in [3.05, 3.63) is 52.0 Å². The van der Waals surface area contributed by atoms with Gasteiger partial charge in [-0.3, -0.25) is 4.79 Å². The molecule has 20 heavy (non-hydrogen) atoms. The average Bonchev–Trinajstić information content (AvgIpc) is 2.42. The average molecular weight is 311 g/mol. The van der Waals surface area contributed by atoms with Gasteiger partial charge in [-0.05, 0) is 24.3 Å². The molecular formula is C14H12Cl2N2O2. The van der Waals surface area contributed by atoms with Gasteiger partial charge in [0.2, 0.25) is 0 Å². The second-order valence-corrected chi connectivity index (χ2v) is 5.05. The molecule has 0 heterocycles. The maximum Gasteiger partial charge on any atom is 0.258 e. The third-order valence-electron chi connectivity index (χ3n) is 2.85. The van der Waals surface area contributed by atoms with E-state index >= 15 is 0 Å². The Morgan fingerprint density at radius 1 is 1.20 bits per heavy atom. The fourth-order valence-electron chi connectivity index (χ4n) is 1.72. The molecule has 0 radical (unpaired) electrons. The van der Waals surface area contributed by atoms with Gasteiger partial charge < -0.3 is 15.7 Å². The van der Waals surface area contributed by atoms with E-state index in [1.165, 1.54) is 29.2 Å². The normalized spacial score (nSPS) is 10.3. The summed E-state index contributed by atoms with van der Waals surface area (Å²) in [6, 6.07) is 9.29. The monoisotopic (exact) mass is 310 g/mol. The summed E-state index contributed by atoms with van der Waals surface area (Å²) in [5.74, 6) is -0.227. The van der Waals surface area contributed by atoms with E-state index < -0.39 is 0 Å². The SMILES string of the molecule is CN(C(=O)c1cc(Cl)c(N)c(Cl)c1)c1cccc(O)c1. The van der Waals surface area contributed by atoms with Gasteiger partial charge in [0.25, 0.3) is 5.91 Å². The van der Waals surface area contributed by atoms with Crippen LogP contribution in [0, 0.1) is 0 Å². The highest BCUT2D eigenvalue weighted by Gasteiger charge is 2.16. The minimum Gasteiger partial charge on any atom is -0.508 e. The Bertz CT molecular complexity index is 651. The van der Waals surface area contributed by atoms with Gasteiger partial charge in [-0.1, -0.05) is 29.3 Å². The molecule has 6 heteroatoms. The summed E-state index contributed by atoms with van der Waals surface area (Å²) >= 11 is 11.8. The number of phenolic OH excluding ortho intramolecular Hbond substituents is 1. The predicted octanol–water partition coefficient (Wildman–Crippen LogP) is 3.56. The largest absolute Gasteiger partial charge is 0.508 e. The topological polar surface area (TPSA) is 66.6 Å². The van der Waals surface area contributed by atoms with E-state index in [9.17, 15) is 9.90 Å². The fraction of sp³-hybridized carbons (Fsp3) is 0.0714. The van der Waals surface area contributed by atoms with Gasteiger partial charge in [-0.2, -0.15) is 0 Å². The second-order valence-electron chi connectivity index (χ2n) is 4.24. The van der Waals surface area contributed by atoms with Crippen LogP contribution in [-0.4, -0.2) is 18.1 Å². The standard InChI is InChI=1S/C14H12Cl2N2O2/c1-18(9-3-2-4-10(19)7-9)14(20)8-5-11(15)13(17)12(16)6-8/h2-7,19H,17H2,1H3. The van der Waals surface area contributed by atoms with Crippen LogP contribution in [0.1, 0.15) is 10.4 Å². The first-order valence-electron chi connectivity index (χ1n) is 5.71. The Hall–Kier alpha value is -1.91. The number of hydrogen-bond donors (Lipinski definition) is 2. The number of benzene rings is 2. The summed E-state index contributed by atoms with van der Waals surface area (Å²) in [5.41, 5.74) is 6.75. The van der Waals surface area contributed by atoms with Crippen LogP contribution in [0.15, 0.2) is 36.4 Å². The first-order valence-corrected chi connectivity index (χ1v) is 6.47. The Morgan fingerprint density at radius 2 is 1.80 bits per heavy atom. The molecule has 0 bridgehead atoms. The van der Waals surface area contributed by atoms with Crippen molar-refractivity contribution >= 4 is 40.5 Å². The molecule has 2 rings (SSSR count). The summed E-state index contributed by atoms with van der Waals surface area (Å²) in [6.45, 7) is 0. The van der Waals surface area contributed by atoms with Crippen LogP contribution in [0.5, 0.6) is 5.75 Å². The summed E-state index contributed by atoms with van der Waals surface area (Å²) < 4.78 is 0. The number of carbonyl (C=O) groups excluding carboxylic acids is 1. The lowest BCUT2D eigenvalue weighted by atomic mass is 10.1. The molecule has 0 aromatic heterocycles. The number of carbonyl (C=O) groups is 1. The highest BCUT2D eigenvalue weighted by Crippen LogP contribution is 2.30. The third kappa shape index (κ3) is 2.81. The van der Waals surface area contributed by atoms with Gasteiger partial charge in [0.1, 0.15) is 5.75 Å². The van der Waals surface area contributed by atoms with Gasteiger partial charge in [-0.15, -0.1) is 0 Å². The van der Waals surface area contributed by atoms with Crippen molar-refractivity contribution < 1.29 is 9.90 Å². The highest BCUT2D eigenvalue weighted by atomic mass is 35.5. The van der Waals surface area contributed by atoms with Gasteiger partial charge >= 0.3 is 0 Å². The van der Waals surface area contributed by atoms with Crippen LogP contribution in [0.4, 0.5) is 11.4 Å². The second kappa shape index (κ2) is 5.61. The Balaban J connectivity index is 2.36. The lowest BCUT2D eigenvalue weighted by molar-refractivity contribution is 0.0993. The number of aromatic hydroxyl groups is 1. The van der Waals surface area contributed by atoms with Crippen molar-refractivity contribution in [3.63, 3.8) is 0 Å². The molecule has 0 spiro atoms. The molecule has 2 aromatic carbocycles. The number of amides is 1. The van der Waals surface area contributed by atoms with Crippen LogP contribution in [-0.2, 0) is 0 Å². The lowest BCUT2D eigenvalue weighted by Gasteiger charge is -2.18. The van der Waals surface area contributed by atoms with Crippen molar-refractivity contribution in [1.29, 1.82) is 0 Å². The van der Waals surface area contributed by atoms with E-state index in [0.29, 0.717) is 11.3 Å². The van der Waals surface area contributed by atoms with E-state index in [0.717, 1.165) is 0 Å². The first kappa shape index (κ1) is 14.5. The molecule has 3 N–H and O–H groups in total. The molecule has 0 saturated carbocycles. The smallest absolute Gasteiger partial charge is 0.258 e. The summed E-state index contributed by atoms with van der Waals surface area (Å²) in [7, 11) is 1.59. The molecule has 0 aliphatic rings. The number of nitrogens with two attached hydrogens (primary N) is 1. The number of anilines is 2. The van der Waals surface area contributed by atoms with Crippen molar-refractivity contribution in [2.24, 2.45) is 0 Å². The zero-order valence-corrected chi connectivity index (χ0v) is 12.1. The molecule has 0 saturated heterocycles. The van der Waals surface area contributed by atoms with E-state index in [2.05, 4.69) is 0 Å². The van der Waals surface area contributed by atoms with Crippen LogP contribution >= 0.6 is 23.2 Å². The Kier molecular flexibility index (Phi) is 4.06. The van der Waals surface area contributed by atoms with Crippen LogP contribution in [0.3, 0.4) is 0 Å². The van der Waals surface area contributed by atoms with Crippen molar-refractivity contribution in [2.75, 3.05) is 17.7 Å². The summed E-state index contributed by atoms with van der Waals surface area (Å²) in [5, 5.41) is 9.90. The highest BCUT2D eigenvalue weighted by molar-refractivity contribution is 6.39. The van der Waals surface area contributed by atoms with Crippen LogP contribution in [0.25, 0.3) is 0 Å². The number of nitrogen functional groups attached to an aromatic ring is 1. The minimum absolute atomic E-state index is 0.0792. The quantitative estimate of drug-likeness (QED) is 0.833. The molecule has 2 aromatic rings. The van der Waals surface area contributed by atoms with Gasteiger partial charge in [-0.25, -0.2) is 0 Å². The zero-order chi connectivity index (χ0) is 14.9. The molecule has 0 aliphatic carbocycles. The maximum atomic E-state index is 12.4.